The Morgan fingerprint density at radius 3 is 2.71 bits per heavy atom. The van der Waals surface area contributed by atoms with E-state index in [0.29, 0.717) is 17.3 Å². The Morgan fingerprint density at radius 2 is 1.94 bits per heavy atom. The number of pyridine rings is 3. The van der Waals surface area contributed by atoms with Crippen molar-refractivity contribution in [2.75, 3.05) is 32.1 Å². The van der Waals surface area contributed by atoms with E-state index in [9.17, 15) is 4.79 Å². The van der Waals surface area contributed by atoms with Crippen molar-refractivity contribution in [3.63, 3.8) is 0 Å². The number of anilines is 1. The molecule has 0 radical (unpaired) electrons. The summed E-state index contributed by atoms with van der Waals surface area (Å²) < 4.78 is 0. The van der Waals surface area contributed by atoms with Crippen LogP contribution in [0.15, 0.2) is 42.9 Å². The average molecular weight is 474 g/mol. The predicted octanol–water partition coefficient (Wildman–Crippen LogP) is 3.81. The SMILES string of the molecule is Cc1nnc(-c2cnc3cnc(CC(=O)c4ccnc(N(C)C5CCN(C)CC5)c4)cc3c2)s1. The maximum Gasteiger partial charge on any atom is 0.169 e. The number of hydrogen-bond donors (Lipinski definition) is 0. The van der Waals surface area contributed by atoms with Crippen molar-refractivity contribution < 1.29 is 4.79 Å². The highest BCUT2D eigenvalue weighted by Crippen LogP contribution is 2.26. The number of carbonyl (C=O) groups is 1. The van der Waals surface area contributed by atoms with Gasteiger partial charge in [0.1, 0.15) is 15.8 Å². The highest BCUT2D eigenvalue weighted by Gasteiger charge is 2.22. The second-order valence-corrected chi connectivity index (χ2v) is 10.0. The molecule has 5 heterocycles. The third-order valence-electron chi connectivity index (χ3n) is 6.40. The Bertz CT molecular complexity index is 1330. The number of carbonyl (C=O) groups excluding carboxylic acids is 1. The van der Waals surface area contributed by atoms with Crippen molar-refractivity contribution >= 4 is 33.8 Å². The van der Waals surface area contributed by atoms with Crippen LogP contribution in [0.2, 0.25) is 0 Å². The molecule has 0 unspecified atom stereocenters. The van der Waals surface area contributed by atoms with Crippen molar-refractivity contribution in [3.05, 3.63) is 59.1 Å². The number of aromatic nitrogens is 5. The van der Waals surface area contributed by atoms with E-state index in [1.54, 1.807) is 24.7 Å². The summed E-state index contributed by atoms with van der Waals surface area (Å²) >= 11 is 1.53. The third kappa shape index (κ3) is 4.80. The first-order chi connectivity index (χ1) is 16.5. The zero-order valence-electron chi connectivity index (χ0n) is 19.6. The molecule has 0 spiro atoms. The van der Waals surface area contributed by atoms with Gasteiger partial charge in [0.2, 0.25) is 0 Å². The van der Waals surface area contributed by atoms with Gasteiger partial charge in [0.15, 0.2) is 5.78 Å². The third-order valence-corrected chi connectivity index (χ3v) is 7.29. The largest absolute Gasteiger partial charge is 0.357 e. The number of ketones is 1. The molecule has 1 fully saturated rings. The molecule has 174 valence electrons. The topological polar surface area (TPSA) is 88.0 Å². The van der Waals surface area contributed by atoms with Gasteiger partial charge in [-0.15, -0.1) is 10.2 Å². The lowest BCUT2D eigenvalue weighted by atomic mass is 10.0. The molecule has 5 rings (SSSR count). The van der Waals surface area contributed by atoms with Crippen LogP contribution >= 0.6 is 11.3 Å². The Morgan fingerprint density at radius 1 is 1.12 bits per heavy atom. The van der Waals surface area contributed by atoms with Gasteiger partial charge in [0.05, 0.1) is 18.1 Å². The molecule has 4 aromatic rings. The summed E-state index contributed by atoms with van der Waals surface area (Å²) in [7, 11) is 4.23. The van der Waals surface area contributed by atoms with E-state index in [1.165, 1.54) is 11.3 Å². The van der Waals surface area contributed by atoms with Gasteiger partial charge in [0.25, 0.3) is 0 Å². The van der Waals surface area contributed by atoms with Gasteiger partial charge in [-0.1, -0.05) is 11.3 Å². The van der Waals surface area contributed by atoms with Crippen LogP contribution in [0.25, 0.3) is 21.5 Å². The maximum absolute atomic E-state index is 13.1. The predicted molar refractivity (Wildman–Crippen MR) is 134 cm³/mol. The lowest BCUT2D eigenvalue weighted by Crippen LogP contribution is -2.42. The molecule has 9 heteroatoms. The van der Waals surface area contributed by atoms with Crippen LogP contribution in [-0.2, 0) is 6.42 Å². The smallest absolute Gasteiger partial charge is 0.169 e. The number of likely N-dealkylation sites (tertiary alicyclic amines) is 1. The van der Waals surface area contributed by atoms with E-state index >= 15 is 0 Å². The van der Waals surface area contributed by atoms with E-state index in [1.807, 2.05) is 25.1 Å². The number of piperidine rings is 1. The van der Waals surface area contributed by atoms with Gasteiger partial charge in [-0.05, 0) is 64.2 Å². The average Bonchev–Trinajstić information content (AvgIpc) is 3.30. The number of rotatable bonds is 6. The summed E-state index contributed by atoms with van der Waals surface area (Å²) in [6.45, 7) is 4.09. The van der Waals surface area contributed by atoms with Crippen molar-refractivity contribution in [1.29, 1.82) is 0 Å². The minimum atomic E-state index is 0.0242. The lowest BCUT2D eigenvalue weighted by molar-refractivity contribution is 0.0992. The number of Topliss-reactive ketones (excluding diaryl/α,β-unsaturated/α-hetero) is 1. The fourth-order valence-corrected chi connectivity index (χ4v) is 5.00. The Hall–Kier alpha value is -3.30. The van der Waals surface area contributed by atoms with Crippen LogP contribution in [0.5, 0.6) is 0 Å². The fourth-order valence-electron chi connectivity index (χ4n) is 4.32. The van der Waals surface area contributed by atoms with Gasteiger partial charge >= 0.3 is 0 Å². The first-order valence-electron chi connectivity index (χ1n) is 11.4. The number of fused-ring (bicyclic) bond motifs is 1. The summed E-state index contributed by atoms with van der Waals surface area (Å²) in [5.41, 5.74) is 3.07. The van der Waals surface area contributed by atoms with Crippen LogP contribution in [0.3, 0.4) is 0 Å². The van der Waals surface area contributed by atoms with E-state index in [-0.39, 0.29) is 12.2 Å². The van der Waals surface area contributed by atoms with Crippen LogP contribution < -0.4 is 4.90 Å². The molecule has 1 saturated heterocycles. The Labute approximate surface area is 202 Å². The molecule has 8 nitrogen and oxygen atoms in total. The summed E-state index contributed by atoms with van der Waals surface area (Å²) in [5.74, 6) is 0.865. The molecule has 34 heavy (non-hydrogen) atoms. The minimum absolute atomic E-state index is 0.0242. The van der Waals surface area contributed by atoms with Crippen molar-refractivity contribution in [2.24, 2.45) is 0 Å². The van der Waals surface area contributed by atoms with E-state index in [0.717, 1.165) is 58.2 Å². The van der Waals surface area contributed by atoms with E-state index < -0.39 is 0 Å². The minimum Gasteiger partial charge on any atom is -0.357 e. The van der Waals surface area contributed by atoms with Gasteiger partial charge in [0, 0.05) is 47.7 Å². The van der Waals surface area contributed by atoms with E-state index in [4.69, 9.17) is 0 Å². The summed E-state index contributed by atoms with van der Waals surface area (Å²) in [6.07, 6.45) is 7.65. The van der Waals surface area contributed by atoms with Crippen LogP contribution in [0, 0.1) is 6.92 Å². The van der Waals surface area contributed by atoms with Crippen molar-refractivity contribution in [1.82, 2.24) is 30.0 Å². The molecule has 0 aromatic carbocycles. The van der Waals surface area contributed by atoms with Gasteiger partial charge in [-0.2, -0.15) is 0 Å². The standard InChI is InChI=1S/C25H27N7OS/c1-16-29-30-25(34-16)19-10-18-11-20(27-15-22(18)28-14-19)13-23(33)17-4-7-26-24(12-17)32(3)21-5-8-31(2)9-6-21/h4,7,10-12,14-15,21H,5-6,8-9,13H2,1-3H3. The van der Waals surface area contributed by atoms with Crippen LogP contribution in [-0.4, -0.2) is 69.1 Å². The van der Waals surface area contributed by atoms with Crippen LogP contribution in [0.1, 0.15) is 33.9 Å². The zero-order valence-corrected chi connectivity index (χ0v) is 20.4. The second kappa shape index (κ2) is 9.52. The number of aryl methyl sites for hydroxylation is 1. The summed E-state index contributed by atoms with van der Waals surface area (Å²) in [6, 6.07) is 8.09. The first kappa shape index (κ1) is 22.5. The maximum atomic E-state index is 13.1. The molecule has 0 aliphatic carbocycles. The van der Waals surface area contributed by atoms with Crippen LogP contribution in [0.4, 0.5) is 5.82 Å². The molecular formula is C25H27N7OS. The number of hydrogen-bond acceptors (Lipinski definition) is 9. The van der Waals surface area contributed by atoms with Gasteiger partial charge in [-0.3, -0.25) is 14.8 Å². The molecular weight excluding hydrogens is 446 g/mol. The molecule has 1 aliphatic heterocycles. The molecule has 0 atom stereocenters. The lowest BCUT2D eigenvalue weighted by Gasteiger charge is -2.35. The Balaban J connectivity index is 1.33. The zero-order chi connectivity index (χ0) is 23.7. The second-order valence-electron chi connectivity index (χ2n) is 8.87. The van der Waals surface area contributed by atoms with E-state index in [2.05, 4.69) is 49.0 Å². The fraction of sp³-hybridized carbons (Fsp3) is 0.360. The van der Waals surface area contributed by atoms with Gasteiger partial charge < -0.3 is 9.80 Å². The van der Waals surface area contributed by atoms with Gasteiger partial charge in [-0.25, -0.2) is 4.98 Å². The Kier molecular flexibility index (Phi) is 6.30. The molecule has 0 bridgehead atoms. The molecule has 1 aliphatic rings. The quantitative estimate of drug-likeness (QED) is 0.391. The normalized spacial score (nSPS) is 15.0. The summed E-state index contributed by atoms with van der Waals surface area (Å²) in [4.78, 5) is 31.2. The first-order valence-corrected chi connectivity index (χ1v) is 12.2. The molecule has 0 amide bonds. The highest BCUT2D eigenvalue weighted by atomic mass is 32.1. The highest BCUT2D eigenvalue weighted by molar-refractivity contribution is 7.14. The monoisotopic (exact) mass is 473 g/mol. The number of nitrogens with zero attached hydrogens (tertiary/aromatic N) is 7. The molecule has 0 saturated carbocycles. The molecule has 4 aromatic heterocycles. The van der Waals surface area contributed by atoms with Crippen molar-refractivity contribution in [2.45, 2.75) is 32.2 Å². The molecule has 0 N–H and O–H groups in total. The van der Waals surface area contributed by atoms with Crippen molar-refractivity contribution in [3.8, 4) is 10.6 Å². The summed E-state index contributed by atoms with van der Waals surface area (Å²) in [5, 5.41) is 11.0.